The zero-order valence-electron chi connectivity index (χ0n) is 10.1. The lowest BCUT2D eigenvalue weighted by Crippen LogP contribution is -2.44. The lowest BCUT2D eigenvalue weighted by atomic mass is 9.89. The van der Waals surface area contributed by atoms with Crippen molar-refractivity contribution < 1.29 is 9.66 Å². The third-order valence-corrected chi connectivity index (χ3v) is 3.63. The lowest BCUT2D eigenvalue weighted by molar-refractivity contribution is -0.385. The van der Waals surface area contributed by atoms with Crippen LogP contribution >= 0.6 is 15.9 Å². The number of rotatable bonds is 5. The zero-order chi connectivity index (χ0) is 13.1. The Hall–Kier alpha value is -0.980. The number of hydrogen-bond acceptors (Lipinski definition) is 4. The number of non-ortho nitro benzene ring substituents is 1. The number of ether oxygens (including phenoxy) is 1. The van der Waals surface area contributed by atoms with Gasteiger partial charge < -0.3 is 10.1 Å². The molecule has 2 rings (SSSR count). The fourth-order valence-electron chi connectivity index (χ4n) is 2.03. The Bertz CT molecular complexity index is 447. The van der Waals surface area contributed by atoms with Gasteiger partial charge in [-0.2, -0.15) is 0 Å². The zero-order valence-corrected chi connectivity index (χ0v) is 11.6. The third kappa shape index (κ3) is 3.28. The number of halogens is 1. The van der Waals surface area contributed by atoms with Crippen LogP contribution in [0.4, 0.5) is 5.69 Å². The maximum absolute atomic E-state index is 10.7. The topological polar surface area (TPSA) is 64.4 Å². The fraction of sp³-hybridized carbons (Fsp3) is 0.500. The van der Waals surface area contributed by atoms with Crippen molar-refractivity contribution in [3.05, 3.63) is 38.3 Å². The summed E-state index contributed by atoms with van der Waals surface area (Å²) in [5, 5.41) is 14.1. The first-order valence-corrected chi connectivity index (χ1v) is 6.58. The van der Waals surface area contributed by atoms with Crippen LogP contribution in [0.2, 0.25) is 0 Å². The summed E-state index contributed by atoms with van der Waals surface area (Å²) in [4.78, 5) is 10.4. The van der Waals surface area contributed by atoms with Crippen LogP contribution in [0.3, 0.4) is 0 Å². The normalized spacial score (nSPS) is 22.6. The second-order valence-electron chi connectivity index (χ2n) is 4.48. The monoisotopic (exact) mass is 314 g/mol. The predicted octanol–water partition coefficient (Wildman–Crippen LogP) is 2.62. The van der Waals surface area contributed by atoms with Crippen LogP contribution in [0, 0.1) is 10.1 Å². The van der Waals surface area contributed by atoms with Gasteiger partial charge in [0.15, 0.2) is 0 Å². The quantitative estimate of drug-likeness (QED) is 0.670. The Kier molecular flexibility index (Phi) is 4.31. The van der Waals surface area contributed by atoms with Gasteiger partial charge in [0.05, 0.1) is 11.0 Å². The highest BCUT2D eigenvalue weighted by Gasteiger charge is 2.28. The van der Waals surface area contributed by atoms with Gasteiger partial charge in [-0.15, -0.1) is 0 Å². The molecule has 0 aliphatic heterocycles. The van der Waals surface area contributed by atoms with E-state index >= 15 is 0 Å². The maximum Gasteiger partial charge on any atom is 0.270 e. The molecule has 1 aliphatic carbocycles. The molecule has 1 fully saturated rings. The van der Waals surface area contributed by atoms with Crippen LogP contribution in [0.25, 0.3) is 0 Å². The molecular formula is C12H15BrN2O3. The molecule has 1 aromatic rings. The average Bonchev–Trinajstić information content (AvgIpc) is 2.26. The Morgan fingerprint density at radius 3 is 2.83 bits per heavy atom. The molecule has 0 radical (unpaired) electrons. The number of methoxy groups -OCH3 is 1. The highest BCUT2D eigenvalue weighted by molar-refractivity contribution is 9.10. The van der Waals surface area contributed by atoms with E-state index in [9.17, 15) is 10.1 Å². The number of nitro benzene ring substituents is 1. The summed E-state index contributed by atoms with van der Waals surface area (Å²) >= 11 is 3.29. The van der Waals surface area contributed by atoms with Crippen molar-refractivity contribution >= 4 is 21.6 Å². The van der Waals surface area contributed by atoms with Crippen molar-refractivity contribution in [2.45, 2.75) is 31.5 Å². The average molecular weight is 315 g/mol. The minimum Gasteiger partial charge on any atom is -0.381 e. The first-order valence-electron chi connectivity index (χ1n) is 5.78. The standard InChI is InChI=1S/C12H15BrN2O3/c1-18-12-5-10(6-12)14-7-8-2-9(13)4-11(3-8)15(16)17/h2-4,10,12,14H,5-7H2,1H3. The highest BCUT2D eigenvalue weighted by Crippen LogP contribution is 2.24. The molecule has 1 saturated carbocycles. The van der Waals surface area contributed by atoms with E-state index in [0.717, 1.165) is 22.9 Å². The molecule has 0 atom stereocenters. The van der Waals surface area contributed by atoms with Crippen molar-refractivity contribution in [3.8, 4) is 0 Å². The minimum absolute atomic E-state index is 0.115. The Morgan fingerprint density at radius 1 is 1.50 bits per heavy atom. The van der Waals surface area contributed by atoms with Crippen LogP contribution in [0.1, 0.15) is 18.4 Å². The number of benzene rings is 1. The van der Waals surface area contributed by atoms with E-state index < -0.39 is 0 Å². The molecule has 1 N–H and O–H groups in total. The predicted molar refractivity (Wildman–Crippen MR) is 71.5 cm³/mol. The van der Waals surface area contributed by atoms with Gasteiger partial charge in [0, 0.05) is 36.3 Å². The first-order chi connectivity index (χ1) is 8.58. The molecule has 6 heteroatoms. The van der Waals surface area contributed by atoms with E-state index in [1.807, 2.05) is 6.07 Å². The summed E-state index contributed by atoms with van der Waals surface area (Å²) in [5.74, 6) is 0. The van der Waals surface area contributed by atoms with Gasteiger partial charge in [-0.1, -0.05) is 15.9 Å². The van der Waals surface area contributed by atoms with Gasteiger partial charge in [-0.25, -0.2) is 0 Å². The van der Waals surface area contributed by atoms with Crippen molar-refractivity contribution in [2.24, 2.45) is 0 Å². The first kappa shape index (κ1) is 13.5. The van der Waals surface area contributed by atoms with E-state index in [1.165, 1.54) is 6.07 Å². The van der Waals surface area contributed by atoms with Crippen molar-refractivity contribution in [2.75, 3.05) is 7.11 Å². The summed E-state index contributed by atoms with van der Waals surface area (Å²) in [7, 11) is 1.72. The molecule has 98 valence electrons. The van der Waals surface area contributed by atoms with E-state index in [2.05, 4.69) is 21.2 Å². The summed E-state index contributed by atoms with van der Waals surface area (Å²) in [6.07, 6.45) is 2.37. The van der Waals surface area contributed by atoms with Crippen molar-refractivity contribution in [3.63, 3.8) is 0 Å². The van der Waals surface area contributed by atoms with Gasteiger partial charge in [-0.05, 0) is 24.5 Å². The highest BCUT2D eigenvalue weighted by atomic mass is 79.9. The molecular weight excluding hydrogens is 300 g/mol. The molecule has 0 spiro atoms. The molecule has 0 amide bonds. The molecule has 1 aromatic carbocycles. The number of hydrogen-bond donors (Lipinski definition) is 1. The summed E-state index contributed by atoms with van der Waals surface area (Å²) in [5.41, 5.74) is 1.03. The van der Waals surface area contributed by atoms with Gasteiger partial charge in [0.2, 0.25) is 0 Å². The minimum atomic E-state index is -0.376. The van der Waals surface area contributed by atoms with Crippen LogP contribution in [-0.2, 0) is 11.3 Å². The lowest BCUT2D eigenvalue weighted by Gasteiger charge is -2.34. The van der Waals surface area contributed by atoms with Gasteiger partial charge in [0.25, 0.3) is 5.69 Å². The SMILES string of the molecule is COC1CC(NCc2cc(Br)cc([N+](=O)[O-])c2)C1. The van der Waals surface area contributed by atoms with Crippen molar-refractivity contribution in [1.82, 2.24) is 5.32 Å². The van der Waals surface area contributed by atoms with Gasteiger partial charge in [-0.3, -0.25) is 10.1 Å². The summed E-state index contributed by atoms with van der Waals surface area (Å²) in [6, 6.07) is 5.46. The molecule has 0 bridgehead atoms. The summed E-state index contributed by atoms with van der Waals surface area (Å²) < 4.78 is 5.93. The number of nitro groups is 1. The second-order valence-corrected chi connectivity index (χ2v) is 5.40. The smallest absolute Gasteiger partial charge is 0.270 e. The second kappa shape index (κ2) is 5.77. The molecule has 5 nitrogen and oxygen atoms in total. The number of nitrogens with one attached hydrogen (secondary N) is 1. The summed E-state index contributed by atoms with van der Waals surface area (Å²) in [6.45, 7) is 0.640. The van der Waals surface area contributed by atoms with Crippen LogP contribution < -0.4 is 5.32 Å². The van der Waals surface area contributed by atoms with E-state index in [1.54, 1.807) is 13.2 Å². The van der Waals surface area contributed by atoms with E-state index in [4.69, 9.17) is 4.74 Å². The maximum atomic E-state index is 10.7. The van der Waals surface area contributed by atoms with E-state index in [0.29, 0.717) is 18.7 Å². The van der Waals surface area contributed by atoms with Gasteiger partial charge in [0.1, 0.15) is 0 Å². The van der Waals surface area contributed by atoms with Crippen molar-refractivity contribution in [1.29, 1.82) is 0 Å². The Morgan fingerprint density at radius 2 is 2.22 bits per heavy atom. The third-order valence-electron chi connectivity index (χ3n) is 3.18. The number of nitrogens with zero attached hydrogens (tertiary/aromatic N) is 1. The fourth-order valence-corrected chi connectivity index (χ4v) is 2.56. The molecule has 0 heterocycles. The molecule has 0 unspecified atom stereocenters. The van der Waals surface area contributed by atoms with Crippen LogP contribution in [0.15, 0.2) is 22.7 Å². The molecule has 0 aromatic heterocycles. The molecule has 0 saturated heterocycles. The largest absolute Gasteiger partial charge is 0.381 e. The molecule has 1 aliphatic rings. The Balaban J connectivity index is 1.91. The Labute approximate surface area is 114 Å². The van der Waals surface area contributed by atoms with Gasteiger partial charge >= 0.3 is 0 Å². The van der Waals surface area contributed by atoms with Crippen LogP contribution in [0.5, 0.6) is 0 Å². The molecule has 18 heavy (non-hydrogen) atoms. The van der Waals surface area contributed by atoms with E-state index in [-0.39, 0.29) is 10.6 Å². The van der Waals surface area contributed by atoms with Crippen LogP contribution in [-0.4, -0.2) is 24.2 Å².